The molecule has 0 aliphatic rings. The maximum absolute atomic E-state index is 5.55. The molecule has 1 heterocycles. The predicted molar refractivity (Wildman–Crippen MR) is 55.5 cm³/mol. The quantitative estimate of drug-likeness (QED) is 0.763. The van der Waals surface area contributed by atoms with Gasteiger partial charge >= 0.3 is 0 Å². The van der Waals surface area contributed by atoms with Gasteiger partial charge in [0.15, 0.2) is 0 Å². The number of hydrogen-bond acceptors (Lipinski definition) is 2. The Labute approximate surface area is 80.2 Å². The summed E-state index contributed by atoms with van der Waals surface area (Å²) < 4.78 is 0. The van der Waals surface area contributed by atoms with Crippen LogP contribution < -0.4 is 5.73 Å². The van der Waals surface area contributed by atoms with Crippen LogP contribution in [0.4, 0.5) is 0 Å². The Morgan fingerprint density at radius 3 is 2.69 bits per heavy atom. The minimum Gasteiger partial charge on any atom is -0.330 e. The van der Waals surface area contributed by atoms with Gasteiger partial charge in [0, 0.05) is 11.9 Å². The van der Waals surface area contributed by atoms with Crippen LogP contribution in [0.5, 0.6) is 0 Å². The Morgan fingerprint density at radius 2 is 2.23 bits per heavy atom. The van der Waals surface area contributed by atoms with Gasteiger partial charge in [-0.2, -0.15) is 0 Å². The van der Waals surface area contributed by atoms with Gasteiger partial charge in [0.05, 0.1) is 0 Å². The lowest BCUT2D eigenvalue weighted by Crippen LogP contribution is -2.13. The van der Waals surface area contributed by atoms with Gasteiger partial charge in [0.2, 0.25) is 0 Å². The van der Waals surface area contributed by atoms with E-state index >= 15 is 0 Å². The molecule has 0 aliphatic heterocycles. The van der Waals surface area contributed by atoms with Gasteiger partial charge in [-0.25, -0.2) is 0 Å². The van der Waals surface area contributed by atoms with Crippen LogP contribution in [0, 0.1) is 5.92 Å². The monoisotopic (exact) mass is 178 g/mol. The summed E-state index contributed by atoms with van der Waals surface area (Å²) in [7, 11) is 0. The molecule has 0 amide bonds. The first-order valence-electron chi connectivity index (χ1n) is 4.90. The van der Waals surface area contributed by atoms with Gasteiger partial charge in [0.1, 0.15) is 0 Å². The van der Waals surface area contributed by atoms with Crippen LogP contribution in [0.25, 0.3) is 0 Å². The fourth-order valence-corrected chi connectivity index (χ4v) is 1.23. The molecule has 2 nitrogen and oxygen atoms in total. The number of aryl methyl sites for hydroxylation is 1. The predicted octanol–water partition coefficient (Wildman–Crippen LogP) is 1.78. The number of nitrogens with two attached hydrogens (primary N) is 1. The van der Waals surface area contributed by atoms with E-state index in [2.05, 4.69) is 31.0 Å². The van der Waals surface area contributed by atoms with Crippen molar-refractivity contribution in [2.45, 2.75) is 26.7 Å². The molecule has 1 aromatic heterocycles. The zero-order chi connectivity index (χ0) is 9.68. The molecule has 1 atom stereocenters. The summed E-state index contributed by atoms with van der Waals surface area (Å²) >= 11 is 0. The smallest absolute Gasteiger partial charge is 0.0406 e. The molecule has 0 bridgehead atoms. The van der Waals surface area contributed by atoms with Gasteiger partial charge in [-0.1, -0.05) is 19.9 Å². The molecule has 0 aromatic carbocycles. The van der Waals surface area contributed by atoms with Gasteiger partial charge in [-0.05, 0) is 36.9 Å². The standard InChI is InChI=1S/C11H18N2/c1-3-10-4-5-11(13-8-10)6-9(2)7-12/h4-5,8-9H,3,6-7,12H2,1-2H3. The van der Waals surface area contributed by atoms with Crippen molar-refractivity contribution in [1.82, 2.24) is 4.98 Å². The van der Waals surface area contributed by atoms with E-state index < -0.39 is 0 Å². The summed E-state index contributed by atoms with van der Waals surface area (Å²) in [6.07, 6.45) is 4.00. The van der Waals surface area contributed by atoms with Gasteiger partial charge in [0.25, 0.3) is 0 Å². The highest BCUT2D eigenvalue weighted by atomic mass is 14.7. The maximum Gasteiger partial charge on any atom is 0.0406 e. The first kappa shape index (κ1) is 10.2. The number of nitrogens with zero attached hydrogens (tertiary/aromatic N) is 1. The minimum absolute atomic E-state index is 0.528. The average Bonchev–Trinajstić information content (AvgIpc) is 2.19. The normalized spacial score (nSPS) is 12.8. The summed E-state index contributed by atoms with van der Waals surface area (Å²) in [5.41, 5.74) is 7.99. The Hall–Kier alpha value is -0.890. The van der Waals surface area contributed by atoms with E-state index in [0.717, 1.165) is 25.1 Å². The van der Waals surface area contributed by atoms with Crippen molar-refractivity contribution >= 4 is 0 Å². The first-order chi connectivity index (χ1) is 6.26. The van der Waals surface area contributed by atoms with Crippen LogP contribution in [0.15, 0.2) is 18.3 Å². The molecule has 1 unspecified atom stereocenters. The van der Waals surface area contributed by atoms with Crippen LogP contribution in [0.3, 0.4) is 0 Å². The zero-order valence-electron chi connectivity index (χ0n) is 8.46. The van der Waals surface area contributed by atoms with Crippen LogP contribution in [0.2, 0.25) is 0 Å². The molecule has 2 heteroatoms. The summed E-state index contributed by atoms with van der Waals surface area (Å²) in [5.74, 6) is 0.528. The number of hydrogen-bond donors (Lipinski definition) is 1. The molecule has 72 valence electrons. The molecule has 0 aliphatic carbocycles. The molecule has 1 rings (SSSR count). The molecule has 1 aromatic rings. The molecule has 0 fully saturated rings. The van der Waals surface area contributed by atoms with Crippen LogP contribution in [-0.4, -0.2) is 11.5 Å². The lowest BCUT2D eigenvalue weighted by molar-refractivity contribution is 0.584. The van der Waals surface area contributed by atoms with E-state index in [4.69, 9.17) is 5.73 Å². The van der Waals surface area contributed by atoms with E-state index in [1.54, 1.807) is 0 Å². The van der Waals surface area contributed by atoms with Crippen LogP contribution in [0.1, 0.15) is 25.1 Å². The van der Waals surface area contributed by atoms with Crippen molar-refractivity contribution in [3.63, 3.8) is 0 Å². The molecule has 2 N–H and O–H groups in total. The summed E-state index contributed by atoms with van der Waals surface area (Å²) in [6.45, 7) is 5.02. The average molecular weight is 178 g/mol. The summed E-state index contributed by atoms with van der Waals surface area (Å²) in [4.78, 5) is 4.38. The highest BCUT2D eigenvalue weighted by molar-refractivity contribution is 5.14. The van der Waals surface area contributed by atoms with Crippen molar-refractivity contribution in [2.75, 3.05) is 6.54 Å². The van der Waals surface area contributed by atoms with E-state index in [1.165, 1.54) is 5.56 Å². The van der Waals surface area contributed by atoms with Crippen LogP contribution in [-0.2, 0) is 12.8 Å². The van der Waals surface area contributed by atoms with Crippen molar-refractivity contribution in [3.05, 3.63) is 29.6 Å². The largest absolute Gasteiger partial charge is 0.330 e. The van der Waals surface area contributed by atoms with E-state index in [0.29, 0.717) is 5.92 Å². The third-order valence-corrected chi connectivity index (χ3v) is 2.25. The Morgan fingerprint density at radius 1 is 1.46 bits per heavy atom. The van der Waals surface area contributed by atoms with Crippen molar-refractivity contribution < 1.29 is 0 Å². The molecule has 0 saturated carbocycles. The van der Waals surface area contributed by atoms with Crippen molar-refractivity contribution in [1.29, 1.82) is 0 Å². The molecule has 0 radical (unpaired) electrons. The van der Waals surface area contributed by atoms with Gasteiger partial charge in [-0.15, -0.1) is 0 Å². The topological polar surface area (TPSA) is 38.9 Å². The molecule has 0 spiro atoms. The Kier molecular flexibility index (Phi) is 3.90. The van der Waals surface area contributed by atoms with Crippen molar-refractivity contribution in [2.24, 2.45) is 11.7 Å². The lowest BCUT2D eigenvalue weighted by Gasteiger charge is -2.07. The first-order valence-corrected chi connectivity index (χ1v) is 4.90. The highest BCUT2D eigenvalue weighted by Gasteiger charge is 2.01. The maximum atomic E-state index is 5.55. The second-order valence-corrected chi connectivity index (χ2v) is 3.56. The van der Waals surface area contributed by atoms with Crippen LogP contribution >= 0.6 is 0 Å². The number of rotatable bonds is 4. The lowest BCUT2D eigenvalue weighted by atomic mass is 10.1. The van der Waals surface area contributed by atoms with E-state index in [-0.39, 0.29) is 0 Å². The zero-order valence-corrected chi connectivity index (χ0v) is 8.46. The van der Waals surface area contributed by atoms with Gasteiger partial charge in [-0.3, -0.25) is 4.98 Å². The Bertz CT molecular complexity index is 241. The summed E-state index contributed by atoms with van der Waals surface area (Å²) in [5, 5.41) is 0. The highest BCUT2D eigenvalue weighted by Crippen LogP contribution is 2.06. The summed E-state index contributed by atoms with van der Waals surface area (Å²) in [6, 6.07) is 4.25. The van der Waals surface area contributed by atoms with E-state index in [9.17, 15) is 0 Å². The second kappa shape index (κ2) is 4.97. The van der Waals surface area contributed by atoms with E-state index in [1.807, 2.05) is 6.20 Å². The second-order valence-electron chi connectivity index (χ2n) is 3.56. The number of pyridine rings is 1. The Balaban J connectivity index is 2.58. The fraction of sp³-hybridized carbons (Fsp3) is 0.545. The number of aromatic nitrogens is 1. The molecular weight excluding hydrogens is 160 g/mol. The molecule has 0 saturated heterocycles. The molecule has 13 heavy (non-hydrogen) atoms. The van der Waals surface area contributed by atoms with Crippen molar-refractivity contribution in [3.8, 4) is 0 Å². The SMILES string of the molecule is CCc1ccc(CC(C)CN)nc1. The fourth-order valence-electron chi connectivity index (χ4n) is 1.23. The third-order valence-electron chi connectivity index (χ3n) is 2.25. The van der Waals surface area contributed by atoms with Gasteiger partial charge < -0.3 is 5.73 Å². The third kappa shape index (κ3) is 3.15. The minimum atomic E-state index is 0.528. The molecular formula is C11H18N2.